The maximum Gasteiger partial charge on any atom is 0.256 e. The molecule has 2 aliphatic rings. The molecule has 148 valence electrons. The Balaban J connectivity index is 1.39. The first-order valence-corrected chi connectivity index (χ1v) is 9.75. The molecule has 0 saturated carbocycles. The van der Waals surface area contributed by atoms with Gasteiger partial charge in [0.15, 0.2) is 0 Å². The SMILES string of the molecule is Cc1ccc(N2CC3CCN(C(=O)c4cc(F)ccc4-n4nccn4)CC32)nc1. The van der Waals surface area contributed by atoms with E-state index in [4.69, 9.17) is 0 Å². The molecule has 5 rings (SSSR count). The number of rotatable bonds is 3. The van der Waals surface area contributed by atoms with Crippen LogP contribution >= 0.6 is 0 Å². The molecule has 0 radical (unpaired) electrons. The fraction of sp³-hybridized carbons (Fsp3) is 0.333. The van der Waals surface area contributed by atoms with Crippen LogP contribution in [0.3, 0.4) is 0 Å². The lowest BCUT2D eigenvalue weighted by Gasteiger charge is -2.54. The summed E-state index contributed by atoms with van der Waals surface area (Å²) in [6, 6.07) is 8.45. The van der Waals surface area contributed by atoms with Crippen molar-refractivity contribution in [1.29, 1.82) is 0 Å². The minimum Gasteiger partial charge on any atom is -0.351 e. The average Bonchev–Trinajstić information content (AvgIpc) is 3.24. The molecule has 1 aromatic carbocycles. The maximum atomic E-state index is 13.9. The highest BCUT2D eigenvalue weighted by atomic mass is 19.1. The average molecular weight is 392 g/mol. The van der Waals surface area contributed by atoms with E-state index in [0.717, 1.165) is 24.3 Å². The first-order chi connectivity index (χ1) is 14.1. The van der Waals surface area contributed by atoms with Crippen LogP contribution in [0.1, 0.15) is 22.3 Å². The monoisotopic (exact) mass is 392 g/mol. The maximum absolute atomic E-state index is 13.9. The van der Waals surface area contributed by atoms with E-state index in [1.807, 2.05) is 24.1 Å². The van der Waals surface area contributed by atoms with Crippen LogP contribution in [0.2, 0.25) is 0 Å². The van der Waals surface area contributed by atoms with Crippen LogP contribution in [0.4, 0.5) is 10.2 Å². The van der Waals surface area contributed by atoms with E-state index >= 15 is 0 Å². The second kappa shape index (κ2) is 6.95. The Labute approximate surface area is 167 Å². The van der Waals surface area contributed by atoms with Crippen LogP contribution in [0.15, 0.2) is 48.9 Å². The predicted octanol–water partition coefficient (Wildman–Crippen LogP) is 2.46. The van der Waals surface area contributed by atoms with Crippen molar-refractivity contribution in [3.63, 3.8) is 0 Å². The van der Waals surface area contributed by atoms with E-state index in [0.29, 0.717) is 24.7 Å². The highest BCUT2D eigenvalue weighted by molar-refractivity contribution is 5.98. The second-order valence-electron chi connectivity index (χ2n) is 7.69. The van der Waals surface area contributed by atoms with E-state index in [2.05, 4.69) is 26.1 Å². The third-order valence-electron chi connectivity index (χ3n) is 5.85. The lowest BCUT2D eigenvalue weighted by atomic mass is 9.82. The quantitative estimate of drug-likeness (QED) is 0.685. The predicted molar refractivity (Wildman–Crippen MR) is 105 cm³/mol. The number of anilines is 1. The minimum atomic E-state index is -0.451. The van der Waals surface area contributed by atoms with Crippen LogP contribution in [-0.2, 0) is 0 Å². The molecule has 2 aromatic heterocycles. The molecule has 8 heteroatoms. The molecule has 2 atom stereocenters. The van der Waals surface area contributed by atoms with E-state index in [9.17, 15) is 9.18 Å². The van der Waals surface area contributed by atoms with Gasteiger partial charge in [0.1, 0.15) is 11.6 Å². The highest BCUT2D eigenvalue weighted by Crippen LogP contribution is 2.36. The Morgan fingerprint density at radius 2 is 1.97 bits per heavy atom. The van der Waals surface area contributed by atoms with Crippen LogP contribution in [-0.4, -0.2) is 56.5 Å². The zero-order valence-electron chi connectivity index (χ0n) is 16.1. The van der Waals surface area contributed by atoms with Crippen molar-refractivity contribution in [2.24, 2.45) is 5.92 Å². The number of amides is 1. The molecule has 3 aromatic rings. The van der Waals surface area contributed by atoms with Gasteiger partial charge in [0.05, 0.1) is 29.7 Å². The smallest absolute Gasteiger partial charge is 0.256 e. The van der Waals surface area contributed by atoms with Gasteiger partial charge in [-0.3, -0.25) is 4.79 Å². The Bertz CT molecular complexity index is 1040. The molecule has 0 N–H and O–H groups in total. The third-order valence-corrected chi connectivity index (χ3v) is 5.85. The number of fused-ring (bicyclic) bond motifs is 1. The molecule has 7 nitrogen and oxygen atoms in total. The zero-order valence-corrected chi connectivity index (χ0v) is 16.1. The summed E-state index contributed by atoms with van der Waals surface area (Å²) in [5.74, 6) is 0.854. The molecule has 2 fully saturated rings. The van der Waals surface area contributed by atoms with Gasteiger partial charge in [-0.25, -0.2) is 9.37 Å². The molecule has 1 amide bonds. The van der Waals surface area contributed by atoms with Gasteiger partial charge in [-0.15, -0.1) is 0 Å². The van der Waals surface area contributed by atoms with E-state index in [1.54, 1.807) is 6.07 Å². The van der Waals surface area contributed by atoms with Crippen molar-refractivity contribution >= 4 is 11.7 Å². The number of halogens is 1. The summed E-state index contributed by atoms with van der Waals surface area (Å²) in [7, 11) is 0. The summed E-state index contributed by atoms with van der Waals surface area (Å²) >= 11 is 0. The molecule has 2 unspecified atom stereocenters. The molecule has 0 bridgehead atoms. The standard InChI is InChI=1S/C21H21FN6O/c1-14-2-5-20(23-11-14)27-12-15-6-9-26(13-19(15)27)21(29)17-10-16(22)3-4-18(17)28-24-7-8-25-28/h2-5,7-8,10-11,15,19H,6,9,12-13H2,1H3. The fourth-order valence-corrected chi connectivity index (χ4v) is 4.24. The topological polar surface area (TPSA) is 67.2 Å². The number of nitrogens with zero attached hydrogens (tertiary/aromatic N) is 6. The Kier molecular flexibility index (Phi) is 4.26. The first-order valence-electron chi connectivity index (χ1n) is 9.75. The summed E-state index contributed by atoms with van der Waals surface area (Å²) in [6.45, 7) is 4.24. The van der Waals surface area contributed by atoms with Crippen molar-refractivity contribution in [3.8, 4) is 5.69 Å². The van der Waals surface area contributed by atoms with Crippen molar-refractivity contribution in [2.45, 2.75) is 19.4 Å². The molecular weight excluding hydrogens is 371 g/mol. The van der Waals surface area contributed by atoms with Crippen LogP contribution in [0, 0.1) is 18.7 Å². The highest BCUT2D eigenvalue weighted by Gasteiger charge is 2.44. The van der Waals surface area contributed by atoms with Gasteiger partial charge in [0, 0.05) is 31.7 Å². The number of aromatic nitrogens is 4. The molecule has 0 aliphatic carbocycles. The zero-order chi connectivity index (χ0) is 20.0. The minimum absolute atomic E-state index is 0.195. The number of carbonyl (C=O) groups is 1. The van der Waals surface area contributed by atoms with Gasteiger partial charge in [-0.2, -0.15) is 15.0 Å². The van der Waals surface area contributed by atoms with Crippen molar-refractivity contribution < 1.29 is 9.18 Å². The summed E-state index contributed by atoms with van der Waals surface area (Å²) in [5.41, 5.74) is 1.88. The fourth-order valence-electron chi connectivity index (χ4n) is 4.24. The molecule has 29 heavy (non-hydrogen) atoms. The van der Waals surface area contributed by atoms with Gasteiger partial charge in [-0.05, 0) is 43.2 Å². The number of aryl methyl sites for hydroxylation is 1. The van der Waals surface area contributed by atoms with E-state index in [-0.39, 0.29) is 17.5 Å². The van der Waals surface area contributed by atoms with Crippen LogP contribution in [0.5, 0.6) is 0 Å². The normalized spacial score (nSPS) is 20.9. The van der Waals surface area contributed by atoms with Crippen molar-refractivity contribution in [3.05, 3.63) is 65.9 Å². The van der Waals surface area contributed by atoms with Crippen molar-refractivity contribution in [2.75, 3.05) is 24.5 Å². The van der Waals surface area contributed by atoms with Gasteiger partial charge in [-0.1, -0.05) is 6.07 Å². The number of benzene rings is 1. The van der Waals surface area contributed by atoms with Crippen LogP contribution < -0.4 is 4.90 Å². The molecule has 4 heterocycles. The molecule has 2 aliphatic heterocycles. The molecule has 0 spiro atoms. The van der Waals surface area contributed by atoms with E-state index < -0.39 is 5.82 Å². The molecule has 2 saturated heterocycles. The number of hydrogen-bond acceptors (Lipinski definition) is 5. The summed E-state index contributed by atoms with van der Waals surface area (Å²) < 4.78 is 13.9. The first kappa shape index (κ1) is 17.8. The Morgan fingerprint density at radius 3 is 2.72 bits per heavy atom. The summed E-state index contributed by atoms with van der Waals surface area (Å²) in [4.78, 5) is 23.2. The van der Waals surface area contributed by atoms with Gasteiger partial charge in [0.25, 0.3) is 5.91 Å². The second-order valence-corrected chi connectivity index (χ2v) is 7.69. The number of hydrogen-bond donors (Lipinski definition) is 0. The van der Waals surface area contributed by atoms with E-state index in [1.165, 1.54) is 29.3 Å². The van der Waals surface area contributed by atoms with Crippen molar-refractivity contribution in [1.82, 2.24) is 24.9 Å². The Hall–Kier alpha value is -3.29. The molecular formula is C21H21FN6O. The number of piperidine rings is 1. The lowest BCUT2D eigenvalue weighted by molar-refractivity contribution is 0.0590. The van der Waals surface area contributed by atoms with Gasteiger partial charge < -0.3 is 9.80 Å². The Morgan fingerprint density at radius 1 is 1.14 bits per heavy atom. The largest absolute Gasteiger partial charge is 0.351 e. The lowest BCUT2D eigenvalue weighted by Crippen LogP contribution is -2.65. The van der Waals surface area contributed by atoms with Gasteiger partial charge in [0.2, 0.25) is 0 Å². The number of likely N-dealkylation sites (tertiary alicyclic amines) is 1. The third kappa shape index (κ3) is 3.14. The van der Waals surface area contributed by atoms with Crippen LogP contribution in [0.25, 0.3) is 5.69 Å². The summed E-state index contributed by atoms with van der Waals surface area (Å²) in [6.07, 6.45) is 5.86. The van der Waals surface area contributed by atoms with Gasteiger partial charge >= 0.3 is 0 Å². The number of carbonyl (C=O) groups excluding carboxylic acids is 1. The summed E-state index contributed by atoms with van der Waals surface area (Å²) in [5, 5.41) is 8.19. The number of pyridine rings is 1.